The largest absolute Gasteiger partial charge is 0.398 e. The van der Waals surface area contributed by atoms with Gasteiger partial charge in [0.05, 0.1) is 11.4 Å². The van der Waals surface area contributed by atoms with E-state index in [9.17, 15) is 8.42 Å². The maximum atomic E-state index is 12.0. The lowest BCUT2D eigenvalue weighted by Crippen LogP contribution is -2.23. The summed E-state index contributed by atoms with van der Waals surface area (Å²) in [5.41, 5.74) is 5.99. The van der Waals surface area contributed by atoms with E-state index in [1.165, 1.54) is 12.1 Å². The summed E-state index contributed by atoms with van der Waals surface area (Å²) < 4.78 is 31.8. The van der Waals surface area contributed by atoms with Gasteiger partial charge in [-0.2, -0.15) is 4.98 Å². The maximum absolute atomic E-state index is 12.0. The molecule has 0 amide bonds. The third-order valence-corrected chi connectivity index (χ3v) is 4.38. The van der Waals surface area contributed by atoms with E-state index in [0.717, 1.165) is 0 Å². The quantitative estimate of drug-likeness (QED) is 0.804. The highest BCUT2D eigenvalue weighted by atomic mass is 79.9. The van der Waals surface area contributed by atoms with Gasteiger partial charge in [-0.3, -0.25) is 0 Å². The van der Waals surface area contributed by atoms with Gasteiger partial charge >= 0.3 is 0 Å². The molecule has 2 aromatic rings. The Balaban J connectivity index is 2.16. The zero-order chi connectivity index (χ0) is 14.0. The monoisotopic (exact) mass is 346 g/mol. The predicted octanol–water partition coefficient (Wildman–Crippen LogP) is 1.20. The number of aryl methyl sites for hydroxylation is 1. The number of nitrogens with one attached hydrogen (secondary N) is 1. The first kappa shape index (κ1) is 14.0. The molecule has 0 saturated heterocycles. The summed E-state index contributed by atoms with van der Waals surface area (Å²) in [4.78, 5) is 3.98. The van der Waals surface area contributed by atoms with Crippen molar-refractivity contribution in [2.24, 2.45) is 0 Å². The topological polar surface area (TPSA) is 111 Å². The van der Waals surface area contributed by atoms with Gasteiger partial charge in [0.2, 0.25) is 15.9 Å². The molecular formula is C10H11BrN4O3S. The van der Waals surface area contributed by atoms with E-state index in [1.54, 1.807) is 13.0 Å². The van der Waals surface area contributed by atoms with Crippen LogP contribution in [0.4, 0.5) is 5.69 Å². The Kier molecular flexibility index (Phi) is 3.88. The molecule has 0 aliphatic heterocycles. The Labute approximate surface area is 118 Å². The highest BCUT2D eigenvalue weighted by Gasteiger charge is 2.16. The Hall–Kier alpha value is -1.45. The van der Waals surface area contributed by atoms with E-state index in [-0.39, 0.29) is 17.3 Å². The van der Waals surface area contributed by atoms with Gasteiger partial charge in [-0.1, -0.05) is 5.16 Å². The third-order valence-electron chi connectivity index (χ3n) is 2.26. The number of halogens is 1. The molecule has 0 spiro atoms. The minimum absolute atomic E-state index is 0.0703. The van der Waals surface area contributed by atoms with Gasteiger partial charge in [-0.05, 0) is 41.1 Å². The smallest absolute Gasteiger partial charge is 0.241 e. The van der Waals surface area contributed by atoms with Crippen LogP contribution >= 0.6 is 15.9 Å². The van der Waals surface area contributed by atoms with Crippen molar-refractivity contribution in [1.82, 2.24) is 14.9 Å². The van der Waals surface area contributed by atoms with Crippen LogP contribution < -0.4 is 10.5 Å². The molecule has 102 valence electrons. The summed E-state index contributed by atoms with van der Waals surface area (Å²) in [6.45, 7) is 1.58. The van der Waals surface area contributed by atoms with Gasteiger partial charge in [0.25, 0.3) is 0 Å². The zero-order valence-corrected chi connectivity index (χ0v) is 12.3. The minimum atomic E-state index is -3.67. The van der Waals surface area contributed by atoms with E-state index in [2.05, 4.69) is 30.8 Å². The van der Waals surface area contributed by atoms with Crippen LogP contribution in [0, 0.1) is 6.92 Å². The standard InChI is InChI=1S/C10H11BrN4O3S/c1-6-14-10(18-15-6)5-13-19(16,17)7-2-3-8(11)9(12)4-7/h2-4,13H,5,12H2,1H3. The first-order valence-electron chi connectivity index (χ1n) is 5.22. The van der Waals surface area contributed by atoms with Gasteiger partial charge in [-0.25, -0.2) is 13.1 Å². The van der Waals surface area contributed by atoms with E-state index in [0.29, 0.717) is 16.0 Å². The summed E-state index contributed by atoms with van der Waals surface area (Å²) in [6, 6.07) is 4.38. The van der Waals surface area contributed by atoms with E-state index >= 15 is 0 Å². The van der Waals surface area contributed by atoms with Crippen molar-refractivity contribution in [3.63, 3.8) is 0 Å². The molecule has 3 N–H and O–H groups in total. The molecule has 0 atom stereocenters. The van der Waals surface area contributed by atoms with Crippen LogP contribution in [0.5, 0.6) is 0 Å². The average Bonchev–Trinajstić information content (AvgIpc) is 2.76. The summed E-state index contributed by atoms with van der Waals surface area (Å²) >= 11 is 3.20. The molecule has 1 aromatic heterocycles. The molecule has 1 heterocycles. The number of hydrogen-bond donors (Lipinski definition) is 2. The van der Waals surface area contributed by atoms with Crippen LogP contribution in [0.25, 0.3) is 0 Å². The number of benzene rings is 1. The Bertz CT molecular complexity index is 699. The molecule has 0 saturated carbocycles. The molecule has 0 fully saturated rings. The molecule has 9 heteroatoms. The van der Waals surface area contributed by atoms with Crippen LogP contribution in [0.3, 0.4) is 0 Å². The Morgan fingerprint density at radius 2 is 2.21 bits per heavy atom. The van der Waals surface area contributed by atoms with Crippen LogP contribution in [0.2, 0.25) is 0 Å². The van der Waals surface area contributed by atoms with E-state index in [1.807, 2.05) is 0 Å². The molecule has 19 heavy (non-hydrogen) atoms. The fourth-order valence-corrected chi connectivity index (χ4v) is 2.60. The number of aromatic nitrogens is 2. The zero-order valence-electron chi connectivity index (χ0n) is 9.92. The van der Waals surface area contributed by atoms with Gasteiger partial charge in [-0.15, -0.1) is 0 Å². The van der Waals surface area contributed by atoms with Crippen LogP contribution in [0.1, 0.15) is 11.7 Å². The minimum Gasteiger partial charge on any atom is -0.398 e. The van der Waals surface area contributed by atoms with Crippen LogP contribution in [-0.2, 0) is 16.6 Å². The van der Waals surface area contributed by atoms with Crippen molar-refractivity contribution in [1.29, 1.82) is 0 Å². The molecule has 0 aliphatic rings. The highest BCUT2D eigenvalue weighted by Crippen LogP contribution is 2.22. The van der Waals surface area contributed by atoms with Gasteiger partial charge in [0.1, 0.15) is 0 Å². The maximum Gasteiger partial charge on any atom is 0.241 e. The van der Waals surface area contributed by atoms with Crippen molar-refractivity contribution in [3.8, 4) is 0 Å². The molecule has 0 bridgehead atoms. The summed E-state index contributed by atoms with van der Waals surface area (Å²) in [5.74, 6) is 0.647. The molecule has 0 aliphatic carbocycles. The first-order valence-corrected chi connectivity index (χ1v) is 7.50. The summed E-state index contributed by atoms with van der Waals surface area (Å²) in [5, 5.41) is 3.57. The van der Waals surface area contributed by atoms with Crippen LogP contribution in [0.15, 0.2) is 32.1 Å². The normalized spacial score (nSPS) is 11.7. The second-order valence-electron chi connectivity index (χ2n) is 3.74. The summed E-state index contributed by atoms with van der Waals surface area (Å²) in [6.07, 6.45) is 0. The number of nitrogens with zero attached hydrogens (tertiary/aromatic N) is 2. The lowest BCUT2D eigenvalue weighted by molar-refractivity contribution is 0.372. The molecule has 0 radical (unpaired) electrons. The van der Waals surface area contributed by atoms with E-state index < -0.39 is 10.0 Å². The lowest BCUT2D eigenvalue weighted by Gasteiger charge is -2.06. The van der Waals surface area contributed by atoms with Crippen molar-refractivity contribution in [2.45, 2.75) is 18.4 Å². The first-order chi connectivity index (χ1) is 8.88. The van der Waals surface area contributed by atoms with Crippen molar-refractivity contribution in [2.75, 3.05) is 5.73 Å². The molecule has 7 nitrogen and oxygen atoms in total. The van der Waals surface area contributed by atoms with Crippen molar-refractivity contribution < 1.29 is 12.9 Å². The highest BCUT2D eigenvalue weighted by molar-refractivity contribution is 9.10. The van der Waals surface area contributed by atoms with Gasteiger partial charge in [0, 0.05) is 10.2 Å². The molecule has 1 aromatic carbocycles. The third kappa shape index (κ3) is 3.31. The Morgan fingerprint density at radius 1 is 1.47 bits per heavy atom. The lowest BCUT2D eigenvalue weighted by atomic mass is 10.3. The average molecular weight is 347 g/mol. The van der Waals surface area contributed by atoms with Crippen molar-refractivity contribution >= 4 is 31.6 Å². The second-order valence-corrected chi connectivity index (χ2v) is 6.36. The molecular weight excluding hydrogens is 336 g/mol. The number of nitrogens with two attached hydrogens (primary N) is 1. The van der Waals surface area contributed by atoms with Gasteiger partial charge in [0.15, 0.2) is 5.82 Å². The summed E-state index contributed by atoms with van der Waals surface area (Å²) in [7, 11) is -3.67. The second kappa shape index (κ2) is 5.27. The van der Waals surface area contributed by atoms with Crippen LogP contribution in [-0.4, -0.2) is 18.6 Å². The van der Waals surface area contributed by atoms with Crippen molar-refractivity contribution in [3.05, 3.63) is 34.4 Å². The SMILES string of the molecule is Cc1noc(CNS(=O)(=O)c2ccc(Br)c(N)c2)n1. The number of sulfonamides is 1. The van der Waals surface area contributed by atoms with E-state index in [4.69, 9.17) is 10.3 Å². The number of anilines is 1. The molecule has 2 rings (SSSR count). The Morgan fingerprint density at radius 3 is 2.79 bits per heavy atom. The van der Waals surface area contributed by atoms with Gasteiger partial charge < -0.3 is 10.3 Å². The number of nitrogen functional groups attached to an aromatic ring is 1. The fraction of sp³-hybridized carbons (Fsp3) is 0.200. The fourth-order valence-electron chi connectivity index (χ4n) is 1.34. The number of hydrogen-bond acceptors (Lipinski definition) is 6. The predicted molar refractivity (Wildman–Crippen MR) is 71.6 cm³/mol. The molecule has 0 unspecified atom stereocenters. The number of rotatable bonds is 4.